The van der Waals surface area contributed by atoms with Crippen molar-refractivity contribution in [1.82, 2.24) is 9.80 Å². The Labute approximate surface area is 248 Å². The van der Waals surface area contributed by atoms with Gasteiger partial charge in [-0.05, 0) is 55.3 Å². The van der Waals surface area contributed by atoms with Crippen molar-refractivity contribution in [3.8, 4) is 17.2 Å². The maximum absolute atomic E-state index is 12.1. The number of nitrogens with zero attached hydrogens (tertiary/aromatic N) is 2. The summed E-state index contributed by atoms with van der Waals surface area (Å²) < 4.78 is 16.0. The van der Waals surface area contributed by atoms with Gasteiger partial charge >= 0.3 is 29.6 Å². The van der Waals surface area contributed by atoms with Crippen molar-refractivity contribution in [2.45, 2.75) is 51.5 Å². The third kappa shape index (κ3) is 8.12. The minimum atomic E-state index is -1.04. The van der Waals surface area contributed by atoms with Gasteiger partial charge in [-0.25, -0.2) is 0 Å². The molecule has 0 bridgehead atoms. The molecule has 1 saturated heterocycles. The molecule has 0 aromatic heterocycles. The molecule has 0 N–H and O–H groups in total. The van der Waals surface area contributed by atoms with E-state index in [4.69, 9.17) is 14.2 Å². The van der Waals surface area contributed by atoms with Crippen LogP contribution in [0.5, 0.6) is 17.2 Å². The fraction of sp³-hybridized carbons (Fsp3) is 0.517. The molecule has 0 radical (unpaired) electrons. The fourth-order valence-electron chi connectivity index (χ4n) is 4.98. The predicted molar refractivity (Wildman–Crippen MR) is 140 cm³/mol. The number of amides is 1. The molecule has 0 aliphatic carbocycles. The molecule has 3 unspecified atom stereocenters. The monoisotopic (exact) mass is 534 g/mol. The van der Waals surface area contributed by atoms with E-state index in [1.807, 2.05) is 54.4 Å². The summed E-state index contributed by atoms with van der Waals surface area (Å²) in [6.45, 7) is 6.96. The van der Waals surface area contributed by atoms with Crippen molar-refractivity contribution >= 4 is 12.4 Å². The van der Waals surface area contributed by atoms with E-state index in [0.29, 0.717) is 18.0 Å². The van der Waals surface area contributed by atoms with Gasteiger partial charge in [0.1, 0.15) is 5.75 Å². The zero-order valence-corrected chi connectivity index (χ0v) is 25.4. The van der Waals surface area contributed by atoms with E-state index >= 15 is 0 Å². The first-order valence-electron chi connectivity index (χ1n) is 13.1. The smallest absolute Gasteiger partial charge is 0.550 e. The Morgan fingerprint density at radius 2 is 1.66 bits per heavy atom. The number of carbonyl (C=O) groups is 2. The molecule has 0 spiro atoms. The minimum Gasteiger partial charge on any atom is -0.550 e. The predicted octanol–water partition coefficient (Wildman–Crippen LogP) is 0.609. The van der Waals surface area contributed by atoms with E-state index in [2.05, 4.69) is 18.7 Å². The quantitative estimate of drug-likeness (QED) is 0.308. The molecule has 0 saturated carbocycles. The van der Waals surface area contributed by atoms with Crippen molar-refractivity contribution in [1.29, 1.82) is 0 Å². The molecule has 9 heteroatoms. The van der Waals surface area contributed by atoms with Crippen LogP contribution in [0.25, 0.3) is 0 Å². The van der Waals surface area contributed by atoms with Gasteiger partial charge in [0.25, 0.3) is 0 Å². The average molecular weight is 535 g/mol. The Bertz CT molecular complexity index is 1010. The molecule has 2 aliphatic heterocycles. The van der Waals surface area contributed by atoms with E-state index in [1.54, 1.807) is 7.11 Å². The van der Waals surface area contributed by atoms with Crippen LogP contribution < -0.4 is 48.9 Å². The van der Waals surface area contributed by atoms with Gasteiger partial charge in [-0.3, -0.25) is 9.69 Å². The van der Waals surface area contributed by atoms with Crippen LogP contribution in [-0.4, -0.2) is 62.8 Å². The maximum Gasteiger partial charge on any atom is 1.00 e. The van der Waals surface area contributed by atoms with Crippen LogP contribution in [0.15, 0.2) is 42.5 Å². The van der Waals surface area contributed by atoms with E-state index in [1.165, 1.54) is 0 Å². The molecule has 1 fully saturated rings. The summed E-state index contributed by atoms with van der Waals surface area (Å²) in [7, 11) is 3.55. The Balaban J connectivity index is 0.000000362. The van der Waals surface area contributed by atoms with E-state index in [9.17, 15) is 14.7 Å². The summed E-state index contributed by atoms with van der Waals surface area (Å²) in [5.74, 6) is 0.205. The van der Waals surface area contributed by atoms with Gasteiger partial charge < -0.3 is 29.0 Å². The Kier molecular flexibility index (Phi) is 13.4. The Morgan fingerprint density at radius 3 is 2.21 bits per heavy atom. The van der Waals surface area contributed by atoms with E-state index in [-0.39, 0.29) is 48.3 Å². The van der Waals surface area contributed by atoms with Crippen LogP contribution in [0.4, 0.5) is 0 Å². The summed E-state index contributed by atoms with van der Waals surface area (Å²) in [5, 5.41) is 12.1. The topological polar surface area (TPSA) is 91.4 Å². The summed E-state index contributed by atoms with van der Waals surface area (Å²) in [6, 6.07) is 12.9. The van der Waals surface area contributed by atoms with Gasteiger partial charge in [-0.2, -0.15) is 0 Å². The standard InChI is InChI=1S/C20H21NO5.C9H19NO.Na/c1-21-10-15(13-5-8-16-17(9-13)26-11-25-16)18(20(22)23)19(21)12-3-6-14(24-2)7-4-12;1-3-5-7-10(9-11)8-6-4-2;/h3-9,15,18-19H,10-11H2,1-2H3,(H,22,23);9H,3-8H2,1-2H3;/q;;+1/p-1. The van der Waals surface area contributed by atoms with Gasteiger partial charge in [-0.15, -0.1) is 0 Å². The fourth-order valence-corrected chi connectivity index (χ4v) is 4.98. The number of aliphatic carboxylic acids is 1. The van der Waals surface area contributed by atoms with Crippen LogP contribution in [0.1, 0.15) is 62.6 Å². The number of carboxylic acid groups (broad SMARTS) is 1. The molecule has 38 heavy (non-hydrogen) atoms. The summed E-state index contributed by atoms with van der Waals surface area (Å²) in [5.41, 5.74) is 1.86. The maximum atomic E-state index is 12.1. The minimum absolute atomic E-state index is 0. The number of carbonyl (C=O) groups excluding carboxylic acids is 2. The number of hydrogen-bond donors (Lipinski definition) is 0. The summed E-state index contributed by atoms with van der Waals surface area (Å²) in [6.07, 6.45) is 5.54. The number of likely N-dealkylation sites (N-methyl/N-ethyl adjacent to an activating group) is 1. The number of ether oxygens (including phenoxy) is 3. The summed E-state index contributed by atoms with van der Waals surface area (Å²) in [4.78, 5) is 26.4. The second-order valence-electron chi connectivity index (χ2n) is 9.57. The number of rotatable bonds is 11. The number of benzene rings is 2. The molecule has 2 aromatic rings. The molecule has 3 atom stereocenters. The first kappa shape index (κ1) is 32.0. The molecule has 2 aromatic carbocycles. The third-order valence-corrected chi connectivity index (χ3v) is 7.03. The van der Waals surface area contributed by atoms with Crippen LogP contribution in [-0.2, 0) is 9.59 Å². The van der Waals surface area contributed by atoms with Crippen LogP contribution >= 0.6 is 0 Å². The third-order valence-electron chi connectivity index (χ3n) is 7.03. The largest absolute Gasteiger partial charge is 1.00 e. The number of likely N-dealkylation sites (tertiary alicyclic amines) is 1. The van der Waals surface area contributed by atoms with Gasteiger partial charge in [0, 0.05) is 43.5 Å². The number of methoxy groups -OCH3 is 1. The normalized spacial score (nSPS) is 19.6. The van der Waals surface area contributed by atoms with Crippen molar-refractivity contribution in [3.05, 3.63) is 53.6 Å². The summed E-state index contributed by atoms with van der Waals surface area (Å²) >= 11 is 0. The zero-order chi connectivity index (χ0) is 26.8. The molecular formula is C29H39N2NaO6. The van der Waals surface area contributed by atoms with Crippen molar-refractivity contribution in [3.63, 3.8) is 0 Å². The number of carboxylic acids is 1. The van der Waals surface area contributed by atoms with Crippen molar-refractivity contribution < 1.29 is 58.5 Å². The molecule has 1 amide bonds. The number of unbranched alkanes of at least 4 members (excludes halogenated alkanes) is 2. The molecule has 8 nitrogen and oxygen atoms in total. The van der Waals surface area contributed by atoms with Gasteiger partial charge in [0.15, 0.2) is 11.5 Å². The van der Waals surface area contributed by atoms with Crippen molar-refractivity contribution in [2.75, 3.05) is 40.6 Å². The first-order chi connectivity index (χ1) is 17.9. The second kappa shape index (κ2) is 16.0. The average Bonchev–Trinajstić information content (AvgIpc) is 3.53. The van der Waals surface area contributed by atoms with Gasteiger partial charge in [-0.1, -0.05) is 44.9 Å². The molecule has 202 valence electrons. The van der Waals surface area contributed by atoms with Crippen molar-refractivity contribution in [2.24, 2.45) is 5.92 Å². The van der Waals surface area contributed by atoms with Gasteiger partial charge in [0.05, 0.1) is 7.11 Å². The van der Waals surface area contributed by atoms with E-state index in [0.717, 1.165) is 62.1 Å². The van der Waals surface area contributed by atoms with Gasteiger partial charge in [0.2, 0.25) is 13.2 Å². The molecule has 2 heterocycles. The number of fused-ring (bicyclic) bond motifs is 1. The Morgan fingerprint density at radius 1 is 1.05 bits per heavy atom. The molecule has 4 rings (SSSR count). The number of hydrogen-bond acceptors (Lipinski definition) is 7. The van der Waals surface area contributed by atoms with Crippen LogP contribution in [0, 0.1) is 5.92 Å². The van der Waals surface area contributed by atoms with Crippen LogP contribution in [0.3, 0.4) is 0 Å². The van der Waals surface area contributed by atoms with Crippen LogP contribution in [0.2, 0.25) is 0 Å². The molecule has 2 aliphatic rings. The Hall–Kier alpha value is -2.26. The van der Waals surface area contributed by atoms with E-state index < -0.39 is 11.9 Å². The zero-order valence-electron chi connectivity index (χ0n) is 23.4. The SMILES string of the molecule is CCCCN(C=O)CCCC.COc1ccc(C2C(C(=O)[O-])C(c3ccc4c(c3)OCO4)CN2C)cc1.[Na+]. The second-order valence-corrected chi connectivity index (χ2v) is 9.57. The molecular weight excluding hydrogens is 495 g/mol. The first-order valence-corrected chi connectivity index (χ1v) is 13.1.